The summed E-state index contributed by atoms with van der Waals surface area (Å²) in [6, 6.07) is 0. The zero-order valence-corrected chi connectivity index (χ0v) is 6.98. The van der Waals surface area contributed by atoms with Crippen LogP contribution in [0.2, 0.25) is 0 Å². The van der Waals surface area contributed by atoms with E-state index in [4.69, 9.17) is 5.11 Å². The van der Waals surface area contributed by atoms with E-state index in [1.54, 1.807) is 0 Å². The van der Waals surface area contributed by atoms with Crippen molar-refractivity contribution in [3.8, 4) is 0 Å². The largest absolute Gasteiger partial charge is 0.392 e. The Morgan fingerprint density at radius 3 is 2.12 bits per heavy atom. The average Bonchev–Trinajstić information content (AvgIpc) is 1.65. The first-order valence-electron chi connectivity index (χ1n) is 2.90. The Morgan fingerprint density at radius 1 is 1.50 bits per heavy atom. The number of alkyl halides is 1. The molecule has 1 N–H and O–H groups in total. The van der Waals surface area contributed by atoms with E-state index in [0.29, 0.717) is 11.2 Å². The summed E-state index contributed by atoms with van der Waals surface area (Å²) >= 11 is 3.19. The molecule has 2 heteroatoms. The van der Waals surface area contributed by atoms with Crippen molar-refractivity contribution in [1.29, 1.82) is 0 Å². The summed E-state index contributed by atoms with van der Waals surface area (Å²) < 4.78 is 0. The monoisotopic (exact) mass is 180 g/mol. The Labute approximate surface area is 59.2 Å². The van der Waals surface area contributed by atoms with Crippen LogP contribution in [-0.2, 0) is 0 Å². The highest BCUT2D eigenvalue weighted by Crippen LogP contribution is 2.05. The van der Waals surface area contributed by atoms with Gasteiger partial charge in [0, 0.05) is 5.33 Å². The van der Waals surface area contributed by atoms with Gasteiger partial charge in [0.2, 0.25) is 0 Å². The van der Waals surface area contributed by atoms with Gasteiger partial charge in [-0.15, -0.1) is 0 Å². The molecule has 1 atom stereocenters. The topological polar surface area (TPSA) is 20.2 Å². The van der Waals surface area contributed by atoms with Crippen LogP contribution in [0.5, 0.6) is 0 Å². The van der Waals surface area contributed by atoms with E-state index < -0.39 is 0 Å². The fourth-order valence-corrected chi connectivity index (χ4v) is 0.871. The Balaban J connectivity index is 3.10. The van der Waals surface area contributed by atoms with Gasteiger partial charge in [0.25, 0.3) is 0 Å². The second-order valence-corrected chi connectivity index (χ2v) is 3.09. The van der Waals surface area contributed by atoms with Gasteiger partial charge in [-0.05, 0) is 12.3 Å². The van der Waals surface area contributed by atoms with Gasteiger partial charge in [0.05, 0.1) is 6.10 Å². The van der Waals surface area contributed by atoms with Gasteiger partial charge in [-0.1, -0.05) is 29.8 Å². The van der Waals surface area contributed by atoms with E-state index in [1.807, 2.05) is 0 Å². The third-order valence-electron chi connectivity index (χ3n) is 0.922. The Hall–Kier alpha value is 0.440. The first kappa shape index (κ1) is 8.44. The van der Waals surface area contributed by atoms with Crippen LogP contribution >= 0.6 is 15.9 Å². The Kier molecular flexibility index (Phi) is 4.57. The number of aliphatic hydroxyl groups is 1. The van der Waals surface area contributed by atoms with Crippen molar-refractivity contribution in [3.63, 3.8) is 0 Å². The van der Waals surface area contributed by atoms with Crippen molar-refractivity contribution in [1.82, 2.24) is 0 Å². The van der Waals surface area contributed by atoms with E-state index in [9.17, 15) is 0 Å². The maximum absolute atomic E-state index is 8.98. The Bertz CT molecular complexity index is 54.5. The van der Waals surface area contributed by atoms with Gasteiger partial charge >= 0.3 is 0 Å². The van der Waals surface area contributed by atoms with Crippen molar-refractivity contribution >= 4 is 15.9 Å². The van der Waals surface area contributed by atoms with Gasteiger partial charge in [0.1, 0.15) is 0 Å². The number of rotatable bonds is 3. The molecule has 0 spiro atoms. The van der Waals surface area contributed by atoms with Gasteiger partial charge < -0.3 is 5.11 Å². The van der Waals surface area contributed by atoms with Crippen LogP contribution in [0.4, 0.5) is 0 Å². The van der Waals surface area contributed by atoms with Crippen LogP contribution in [-0.4, -0.2) is 16.5 Å². The molecule has 0 aromatic carbocycles. The van der Waals surface area contributed by atoms with Crippen LogP contribution in [0.1, 0.15) is 20.3 Å². The van der Waals surface area contributed by atoms with E-state index >= 15 is 0 Å². The van der Waals surface area contributed by atoms with Crippen LogP contribution in [0.3, 0.4) is 0 Å². The molecule has 0 amide bonds. The summed E-state index contributed by atoms with van der Waals surface area (Å²) in [5.41, 5.74) is 0. The maximum Gasteiger partial charge on any atom is 0.0639 e. The minimum atomic E-state index is -0.157. The van der Waals surface area contributed by atoms with Crippen LogP contribution in [0, 0.1) is 5.92 Å². The molecule has 0 radical (unpaired) electrons. The lowest BCUT2D eigenvalue weighted by Crippen LogP contribution is -2.10. The van der Waals surface area contributed by atoms with E-state index in [0.717, 1.165) is 6.42 Å². The molecular formula is C6H13BrO. The smallest absolute Gasteiger partial charge is 0.0639 e. The number of halogens is 1. The van der Waals surface area contributed by atoms with Crippen molar-refractivity contribution < 1.29 is 5.11 Å². The highest BCUT2D eigenvalue weighted by atomic mass is 79.9. The number of hydrogen-bond acceptors (Lipinski definition) is 1. The molecule has 0 aliphatic rings. The summed E-state index contributed by atoms with van der Waals surface area (Å²) in [5, 5.41) is 9.68. The second kappa shape index (κ2) is 4.33. The summed E-state index contributed by atoms with van der Waals surface area (Å²) in [4.78, 5) is 0. The fraction of sp³-hybridized carbons (Fsp3) is 1.00. The molecule has 0 bridgehead atoms. The summed E-state index contributed by atoms with van der Waals surface area (Å²) in [7, 11) is 0. The minimum Gasteiger partial charge on any atom is -0.392 e. The normalized spacial score (nSPS) is 14.6. The first-order chi connectivity index (χ1) is 3.66. The lowest BCUT2D eigenvalue weighted by molar-refractivity contribution is 0.173. The average molecular weight is 181 g/mol. The predicted octanol–water partition coefficient (Wildman–Crippen LogP) is 1.79. The van der Waals surface area contributed by atoms with Gasteiger partial charge in [-0.3, -0.25) is 0 Å². The zero-order chi connectivity index (χ0) is 6.57. The van der Waals surface area contributed by atoms with Gasteiger partial charge in [0.15, 0.2) is 0 Å². The van der Waals surface area contributed by atoms with Crippen LogP contribution in [0.15, 0.2) is 0 Å². The molecule has 0 aliphatic carbocycles. The van der Waals surface area contributed by atoms with Gasteiger partial charge in [-0.2, -0.15) is 0 Å². The predicted molar refractivity (Wildman–Crippen MR) is 39.3 cm³/mol. The quantitative estimate of drug-likeness (QED) is 0.658. The molecule has 0 aliphatic heterocycles. The van der Waals surface area contributed by atoms with Crippen molar-refractivity contribution in [2.24, 2.45) is 5.92 Å². The summed E-state index contributed by atoms with van der Waals surface area (Å²) in [6.07, 6.45) is 0.737. The molecule has 0 rings (SSSR count). The van der Waals surface area contributed by atoms with Crippen molar-refractivity contribution in [2.75, 3.05) is 5.33 Å². The van der Waals surface area contributed by atoms with Crippen molar-refractivity contribution in [2.45, 2.75) is 26.4 Å². The molecule has 0 fully saturated rings. The number of hydrogen-bond donors (Lipinski definition) is 1. The van der Waals surface area contributed by atoms with E-state index in [1.165, 1.54) is 0 Å². The molecule has 50 valence electrons. The summed E-state index contributed by atoms with van der Waals surface area (Å²) in [6.45, 7) is 4.21. The van der Waals surface area contributed by atoms with E-state index in [-0.39, 0.29) is 6.10 Å². The molecule has 0 unspecified atom stereocenters. The van der Waals surface area contributed by atoms with Crippen molar-refractivity contribution in [3.05, 3.63) is 0 Å². The summed E-state index contributed by atoms with van der Waals surface area (Å²) in [5.74, 6) is 0.600. The molecule has 0 saturated heterocycles. The third kappa shape index (κ3) is 4.60. The van der Waals surface area contributed by atoms with Gasteiger partial charge in [-0.25, -0.2) is 0 Å². The molecule has 0 heterocycles. The lowest BCUT2D eigenvalue weighted by atomic mass is 10.1. The molecule has 0 aromatic rings. The highest BCUT2D eigenvalue weighted by molar-refractivity contribution is 9.09. The van der Waals surface area contributed by atoms with E-state index in [2.05, 4.69) is 29.8 Å². The minimum absolute atomic E-state index is 0.157. The number of aliphatic hydroxyl groups excluding tert-OH is 1. The maximum atomic E-state index is 8.98. The zero-order valence-electron chi connectivity index (χ0n) is 5.39. The standard InChI is InChI=1S/C6H13BrO/c1-5(2)3-6(8)4-7/h5-6,8H,3-4H2,1-2H3/t6-/m0/s1. The molecule has 8 heavy (non-hydrogen) atoms. The first-order valence-corrected chi connectivity index (χ1v) is 4.03. The SMILES string of the molecule is CC(C)C[C@H](O)CBr. The fourth-order valence-electron chi connectivity index (χ4n) is 0.607. The molecule has 0 aromatic heterocycles. The second-order valence-electron chi connectivity index (χ2n) is 2.44. The third-order valence-corrected chi connectivity index (χ3v) is 1.67. The molecule has 1 nitrogen and oxygen atoms in total. The lowest BCUT2D eigenvalue weighted by Gasteiger charge is -2.07. The van der Waals surface area contributed by atoms with Crippen LogP contribution in [0.25, 0.3) is 0 Å². The highest BCUT2D eigenvalue weighted by Gasteiger charge is 2.02. The molecule has 0 saturated carbocycles. The van der Waals surface area contributed by atoms with Crippen LogP contribution < -0.4 is 0 Å². The Morgan fingerprint density at radius 2 is 2.00 bits per heavy atom. The molecular weight excluding hydrogens is 168 g/mol.